The van der Waals surface area contributed by atoms with Gasteiger partial charge in [-0.2, -0.15) is 0 Å². The molecule has 1 aromatic carbocycles. The highest BCUT2D eigenvalue weighted by Gasteiger charge is 2.69. The van der Waals surface area contributed by atoms with Gasteiger partial charge in [0.15, 0.2) is 12.5 Å². The van der Waals surface area contributed by atoms with Crippen molar-refractivity contribution in [3.8, 4) is 5.75 Å². The highest BCUT2D eigenvalue weighted by molar-refractivity contribution is 6.30. The number of aryl methyl sites for hydroxylation is 2. The van der Waals surface area contributed by atoms with E-state index in [1.165, 1.54) is 12.1 Å². The van der Waals surface area contributed by atoms with Gasteiger partial charge in [0.1, 0.15) is 11.6 Å². The average molecular weight is 422 g/mol. The van der Waals surface area contributed by atoms with E-state index in [-0.39, 0.29) is 46.0 Å². The van der Waals surface area contributed by atoms with E-state index >= 15 is 0 Å². The molecule has 9 heteroatoms. The van der Waals surface area contributed by atoms with Crippen LogP contribution in [0.3, 0.4) is 0 Å². The fourth-order valence-electron chi connectivity index (χ4n) is 4.21. The standard InChI is InChI=1S/C20H21ClFN3O4/c1-3-16-23-11(2)17(29-16)18(27)25-20-8-19(9-20,10-20)24-15(26)7-28-12-4-5-13(21)14(22)6-12/h4-6H,3,7-10H2,1-2H3,(H,24,26)(H,25,27). The lowest BCUT2D eigenvalue weighted by Crippen LogP contribution is -2.84. The number of aromatic nitrogens is 1. The van der Waals surface area contributed by atoms with Crippen molar-refractivity contribution in [2.75, 3.05) is 6.61 Å². The SMILES string of the molecule is CCc1nc(C)c(C(=O)NC23CC(NC(=O)COc4ccc(Cl)c(F)c4)(C2)C3)o1. The lowest BCUT2D eigenvalue weighted by Gasteiger charge is -2.70. The van der Waals surface area contributed by atoms with E-state index in [0.717, 1.165) is 6.07 Å². The van der Waals surface area contributed by atoms with Crippen LogP contribution in [-0.2, 0) is 11.2 Å². The summed E-state index contributed by atoms with van der Waals surface area (Å²) in [5.41, 5.74) is -0.0510. The zero-order chi connectivity index (χ0) is 20.8. The minimum Gasteiger partial charge on any atom is -0.484 e. The van der Waals surface area contributed by atoms with Crippen LogP contribution in [0.2, 0.25) is 5.02 Å². The quantitative estimate of drug-likeness (QED) is 0.717. The van der Waals surface area contributed by atoms with Crippen LogP contribution in [0.25, 0.3) is 0 Å². The molecule has 0 aliphatic heterocycles. The monoisotopic (exact) mass is 421 g/mol. The molecule has 2 amide bonds. The van der Waals surface area contributed by atoms with Crippen molar-refractivity contribution in [2.45, 2.75) is 50.6 Å². The zero-order valence-electron chi connectivity index (χ0n) is 16.1. The molecule has 0 atom stereocenters. The Balaban J connectivity index is 1.25. The maximum absolute atomic E-state index is 13.4. The Morgan fingerprint density at radius 3 is 2.59 bits per heavy atom. The molecule has 0 saturated heterocycles. The summed E-state index contributed by atoms with van der Waals surface area (Å²) in [6.45, 7) is 3.43. The van der Waals surface area contributed by atoms with Crippen LogP contribution in [0.4, 0.5) is 4.39 Å². The second-order valence-electron chi connectivity index (χ2n) is 7.83. The normalized spacial score (nSPS) is 24.3. The van der Waals surface area contributed by atoms with Crippen LogP contribution in [-0.4, -0.2) is 34.5 Å². The van der Waals surface area contributed by atoms with Crippen LogP contribution in [0, 0.1) is 12.7 Å². The number of hydrogen-bond donors (Lipinski definition) is 2. The van der Waals surface area contributed by atoms with Crippen molar-refractivity contribution >= 4 is 23.4 Å². The van der Waals surface area contributed by atoms with Crippen LogP contribution < -0.4 is 15.4 Å². The Kier molecular flexibility index (Phi) is 4.77. The van der Waals surface area contributed by atoms with Gasteiger partial charge in [0.25, 0.3) is 11.8 Å². The van der Waals surface area contributed by atoms with Gasteiger partial charge >= 0.3 is 0 Å². The van der Waals surface area contributed by atoms with E-state index in [1.807, 2.05) is 6.92 Å². The van der Waals surface area contributed by atoms with Gasteiger partial charge in [-0.3, -0.25) is 9.59 Å². The Morgan fingerprint density at radius 2 is 1.97 bits per heavy atom. The number of oxazole rings is 1. The number of rotatable bonds is 7. The molecule has 1 aromatic heterocycles. The summed E-state index contributed by atoms with van der Waals surface area (Å²) in [5.74, 6) is -0.157. The predicted molar refractivity (Wildman–Crippen MR) is 102 cm³/mol. The molecule has 2 N–H and O–H groups in total. The van der Waals surface area contributed by atoms with Gasteiger partial charge in [0, 0.05) is 23.6 Å². The zero-order valence-corrected chi connectivity index (χ0v) is 16.9. The van der Waals surface area contributed by atoms with E-state index in [1.54, 1.807) is 6.92 Å². The van der Waals surface area contributed by atoms with Gasteiger partial charge in [-0.05, 0) is 38.3 Å². The van der Waals surface area contributed by atoms with Crippen molar-refractivity contribution in [3.05, 3.63) is 46.4 Å². The third-order valence-electron chi connectivity index (χ3n) is 5.42. The van der Waals surface area contributed by atoms with Crippen LogP contribution in [0.1, 0.15) is 48.3 Å². The second-order valence-corrected chi connectivity index (χ2v) is 8.24. The van der Waals surface area contributed by atoms with Crippen molar-refractivity contribution in [1.29, 1.82) is 0 Å². The van der Waals surface area contributed by atoms with Gasteiger partial charge in [0.05, 0.1) is 10.7 Å². The Bertz CT molecular complexity index is 970. The number of nitrogens with one attached hydrogen (secondary N) is 2. The molecule has 0 unspecified atom stereocenters. The van der Waals surface area contributed by atoms with Crippen LogP contribution in [0.5, 0.6) is 5.75 Å². The van der Waals surface area contributed by atoms with E-state index in [0.29, 0.717) is 37.3 Å². The number of hydrogen-bond acceptors (Lipinski definition) is 5. The first-order valence-corrected chi connectivity index (χ1v) is 9.79. The first kappa shape index (κ1) is 19.7. The Labute approximate surface area is 172 Å². The number of amides is 2. The van der Waals surface area contributed by atoms with E-state index < -0.39 is 5.82 Å². The first-order chi connectivity index (χ1) is 13.7. The van der Waals surface area contributed by atoms with Crippen molar-refractivity contribution in [1.82, 2.24) is 15.6 Å². The topological polar surface area (TPSA) is 93.5 Å². The molecule has 154 valence electrons. The lowest BCUT2D eigenvalue weighted by atomic mass is 9.44. The first-order valence-electron chi connectivity index (χ1n) is 9.41. The predicted octanol–water partition coefficient (Wildman–Crippen LogP) is 2.94. The number of ether oxygens (including phenoxy) is 1. The minimum absolute atomic E-state index is 0.00513. The molecule has 3 fully saturated rings. The smallest absolute Gasteiger partial charge is 0.289 e. The van der Waals surface area contributed by atoms with Gasteiger partial charge in [-0.15, -0.1) is 0 Å². The summed E-state index contributed by atoms with van der Waals surface area (Å²) in [7, 11) is 0. The van der Waals surface area contributed by atoms with E-state index in [4.69, 9.17) is 20.8 Å². The molecule has 1 heterocycles. The molecule has 3 aliphatic carbocycles. The van der Waals surface area contributed by atoms with Crippen LogP contribution in [0.15, 0.2) is 22.6 Å². The molecule has 7 nitrogen and oxygen atoms in total. The van der Waals surface area contributed by atoms with E-state index in [2.05, 4.69) is 15.6 Å². The van der Waals surface area contributed by atoms with Gasteiger partial charge in [-0.25, -0.2) is 9.37 Å². The number of halogens is 2. The lowest BCUT2D eigenvalue weighted by molar-refractivity contribution is -0.141. The summed E-state index contributed by atoms with van der Waals surface area (Å²) < 4.78 is 24.2. The van der Waals surface area contributed by atoms with Crippen LogP contribution >= 0.6 is 11.6 Å². The minimum atomic E-state index is -0.602. The maximum Gasteiger partial charge on any atom is 0.289 e. The van der Waals surface area contributed by atoms with Crippen molar-refractivity contribution in [3.63, 3.8) is 0 Å². The Hall–Kier alpha value is -2.61. The maximum atomic E-state index is 13.4. The number of benzene rings is 1. The molecule has 5 rings (SSSR count). The molecule has 0 radical (unpaired) electrons. The molecule has 3 aliphatic rings. The van der Waals surface area contributed by atoms with Gasteiger partial charge in [0.2, 0.25) is 5.76 Å². The van der Waals surface area contributed by atoms with Crippen molar-refractivity contribution in [2.24, 2.45) is 0 Å². The van der Waals surface area contributed by atoms with Crippen molar-refractivity contribution < 1.29 is 23.1 Å². The number of carbonyl (C=O) groups excluding carboxylic acids is 2. The average Bonchev–Trinajstić information content (AvgIpc) is 3.01. The number of carbonyl (C=O) groups is 2. The number of nitrogens with zero attached hydrogens (tertiary/aromatic N) is 1. The molecule has 3 saturated carbocycles. The molecule has 2 aromatic rings. The molecular weight excluding hydrogens is 401 g/mol. The van der Waals surface area contributed by atoms with Gasteiger partial charge in [-0.1, -0.05) is 18.5 Å². The highest BCUT2D eigenvalue weighted by Crippen LogP contribution is 2.60. The molecular formula is C20H21ClFN3O4. The molecule has 2 bridgehead atoms. The summed E-state index contributed by atoms with van der Waals surface area (Å²) in [4.78, 5) is 28.9. The Morgan fingerprint density at radius 1 is 1.28 bits per heavy atom. The van der Waals surface area contributed by atoms with Gasteiger partial charge < -0.3 is 19.8 Å². The molecule has 29 heavy (non-hydrogen) atoms. The fourth-order valence-corrected chi connectivity index (χ4v) is 4.33. The van der Waals surface area contributed by atoms with E-state index in [9.17, 15) is 14.0 Å². The summed E-state index contributed by atoms with van der Waals surface area (Å²) in [6.07, 6.45) is 2.59. The third kappa shape index (κ3) is 3.69. The summed E-state index contributed by atoms with van der Waals surface area (Å²) in [6, 6.07) is 4.01. The molecule has 0 spiro atoms. The second kappa shape index (κ2) is 7.02. The fraction of sp³-hybridized carbons (Fsp3) is 0.450. The largest absolute Gasteiger partial charge is 0.484 e. The highest BCUT2D eigenvalue weighted by atomic mass is 35.5. The summed E-state index contributed by atoms with van der Waals surface area (Å²) >= 11 is 5.62. The third-order valence-corrected chi connectivity index (χ3v) is 5.73. The summed E-state index contributed by atoms with van der Waals surface area (Å²) in [5, 5.41) is 5.95.